The number of anilines is 2. The lowest BCUT2D eigenvalue weighted by atomic mass is 10.1. The standard InChI is InChI=1S/C16H17BrN6S/c1-9-10(7-19-15(18)20-9)12-14-13(11(17)8-24-14)22-16(21-12)23-5-3-2-4-6-23/h7-8H,2-6H2,1H3,(H2,18,19,20). The van der Waals surface area contributed by atoms with E-state index in [1.54, 1.807) is 17.5 Å². The smallest absolute Gasteiger partial charge is 0.226 e. The Balaban J connectivity index is 1.92. The van der Waals surface area contributed by atoms with Crippen LogP contribution in [-0.2, 0) is 0 Å². The number of thiophene rings is 1. The second-order valence-electron chi connectivity index (χ2n) is 5.91. The van der Waals surface area contributed by atoms with Crippen LogP contribution >= 0.6 is 27.3 Å². The SMILES string of the molecule is Cc1nc(N)ncc1-c1nc(N2CCCCC2)nc2c(Br)csc12. The van der Waals surface area contributed by atoms with Crippen LogP contribution in [0.4, 0.5) is 11.9 Å². The number of hydrogen-bond donors (Lipinski definition) is 1. The minimum atomic E-state index is 0.283. The number of aryl methyl sites for hydroxylation is 1. The highest BCUT2D eigenvalue weighted by atomic mass is 79.9. The van der Waals surface area contributed by atoms with Crippen LogP contribution < -0.4 is 10.6 Å². The molecule has 6 nitrogen and oxygen atoms in total. The van der Waals surface area contributed by atoms with Gasteiger partial charge in [0.05, 0.1) is 20.6 Å². The van der Waals surface area contributed by atoms with E-state index in [4.69, 9.17) is 15.7 Å². The predicted octanol–water partition coefficient (Wildman–Crippen LogP) is 3.79. The number of hydrogen-bond acceptors (Lipinski definition) is 7. The monoisotopic (exact) mass is 404 g/mol. The summed E-state index contributed by atoms with van der Waals surface area (Å²) in [6.07, 6.45) is 5.41. The van der Waals surface area contributed by atoms with Crippen molar-refractivity contribution in [1.29, 1.82) is 0 Å². The van der Waals surface area contributed by atoms with E-state index in [9.17, 15) is 0 Å². The zero-order chi connectivity index (χ0) is 16.7. The van der Waals surface area contributed by atoms with E-state index in [2.05, 4.69) is 36.2 Å². The van der Waals surface area contributed by atoms with Crippen molar-refractivity contribution in [2.45, 2.75) is 26.2 Å². The summed E-state index contributed by atoms with van der Waals surface area (Å²) in [7, 11) is 0. The topological polar surface area (TPSA) is 80.8 Å². The Hall–Kier alpha value is -1.80. The van der Waals surface area contributed by atoms with Gasteiger partial charge in [-0.05, 0) is 42.1 Å². The molecule has 8 heteroatoms. The van der Waals surface area contributed by atoms with Crippen molar-refractivity contribution in [3.8, 4) is 11.3 Å². The van der Waals surface area contributed by atoms with Gasteiger partial charge in [0, 0.05) is 30.2 Å². The van der Waals surface area contributed by atoms with Gasteiger partial charge in [-0.3, -0.25) is 0 Å². The molecule has 1 aliphatic heterocycles. The van der Waals surface area contributed by atoms with Gasteiger partial charge in [0.2, 0.25) is 11.9 Å². The van der Waals surface area contributed by atoms with Crippen LogP contribution in [0.5, 0.6) is 0 Å². The van der Waals surface area contributed by atoms with E-state index < -0.39 is 0 Å². The first-order valence-corrected chi connectivity index (χ1v) is 9.60. The lowest BCUT2D eigenvalue weighted by Crippen LogP contribution is -2.31. The van der Waals surface area contributed by atoms with Gasteiger partial charge < -0.3 is 10.6 Å². The fraction of sp³-hybridized carbons (Fsp3) is 0.375. The highest BCUT2D eigenvalue weighted by Crippen LogP contribution is 2.37. The van der Waals surface area contributed by atoms with Crippen LogP contribution in [0.1, 0.15) is 25.0 Å². The molecule has 0 radical (unpaired) electrons. The Labute approximate surface area is 152 Å². The lowest BCUT2D eigenvalue weighted by molar-refractivity contribution is 0.569. The van der Waals surface area contributed by atoms with Gasteiger partial charge in [-0.2, -0.15) is 0 Å². The maximum Gasteiger partial charge on any atom is 0.226 e. The molecular formula is C16H17BrN6S. The highest BCUT2D eigenvalue weighted by Gasteiger charge is 2.20. The van der Waals surface area contributed by atoms with E-state index in [-0.39, 0.29) is 5.95 Å². The third-order valence-corrected chi connectivity index (χ3v) is 6.14. The molecule has 4 rings (SSSR count). The average Bonchev–Trinajstić information content (AvgIpc) is 2.96. The zero-order valence-corrected chi connectivity index (χ0v) is 15.7. The molecule has 2 N–H and O–H groups in total. The molecule has 1 aliphatic rings. The van der Waals surface area contributed by atoms with Crippen molar-refractivity contribution in [2.24, 2.45) is 0 Å². The summed E-state index contributed by atoms with van der Waals surface area (Å²) in [4.78, 5) is 20.4. The number of nitrogen functional groups attached to an aromatic ring is 1. The van der Waals surface area contributed by atoms with Gasteiger partial charge in [-0.15, -0.1) is 11.3 Å². The van der Waals surface area contributed by atoms with E-state index in [0.29, 0.717) is 0 Å². The first-order valence-electron chi connectivity index (χ1n) is 7.92. The van der Waals surface area contributed by atoms with Crippen molar-refractivity contribution in [3.05, 3.63) is 21.7 Å². The molecule has 0 saturated carbocycles. The fourth-order valence-electron chi connectivity index (χ4n) is 3.01. The molecule has 4 heterocycles. The van der Waals surface area contributed by atoms with Crippen molar-refractivity contribution in [1.82, 2.24) is 19.9 Å². The number of fused-ring (bicyclic) bond motifs is 1. The predicted molar refractivity (Wildman–Crippen MR) is 101 cm³/mol. The number of piperidine rings is 1. The summed E-state index contributed by atoms with van der Waals surface area (Å²) < 4.78 is 2.04. The molecule has 0 amide bonds. The molecule has 0 aromatic carbocycles. The average molecular weight is 405 g/mol. The molecule has 1 fully saturated rings. The van der Waals surface area contributed by atoms with Crippen LogP contribution in [0.3, 0.4) is 0 Å². The highest BCUT2D eigenvalue weighted by molar-refractivity contribution is 9.10. The molecule has 124 valence electrons. The van der Waals surface area contributed by atoms with E-state index >= 15 is 0 Å². The van der Waals surface area contributed by atoms with Crippen LogP contribution in [0.15, 0.2) is 16.0 Å². The maximum atomic E-state index is 5.70. The molecule has 1 saturated heterocycles. The summed E-state index contributed by atoms with van der Waals surface area (Å²) in [6.45, 7) is 3.94. The first-order chi connectivity index (χ1) is 11.6. The van der Waals surface area contributed by atoms with Gasteiger partial charge >= 0.3 is 0 Å². The van der Waals surface area contributed by atoms with E-state index in [1.807, 2.05) is 6.92 Å². The first kappa shape index (κ1) is 15.7. The number of aromatic nitrogens is 4. The molecule has 3 aromatic rings. The summed E-state index contributed by atoms with van der Waals surface area (Å²) in [6, 6.07) is 0. The lowest BCUT2D eigenvalue weighted by Gasteiger charge is -2.27. The van der Waals surface area contributed by atoms with Gasteiger partial charge in [0.25, 0.3) is 0 Å². The molecular weight excluding hydrogens is 388 g/mol. The van der Waals surface area contributed by atoms with Crippen LogP contribution in [0.2, 0.25) is 0 Å². The van der Waals surface area contributed by atoms with E-state index in [0.717, 1.165) is 50.7 Å². The second kappa shape index (κ2) is 6.25. The van der Waals surface area contributed by atoms with Gasteiger partial charge in [-0.1, -0.05) is 0 Å². The third kappa shape index (κ3) is 2.73. The van der Waals surface area contributed by atoms with Gasteiger partial charge in [0.15, 0.2) is 0 Å². The molecule has 0 atom stereocenters. The summed E-state index contributed by atoms with van der Waals surface area (Å²) in [5.41, 5.74) is 9.27. The Morgan fingerprint density at radius 3 is 2.71 bits per heavy atom. The summed E-state index contributed by atoms with van der Waals surface area (Å²) >= 11 is 5.24. The number of rotatable bonds is 2. The Bertz CT molecular complexity index is 903. The molecule has 0 bridgehead atoms. The van der Waals surface area contributed by atoms with E-state index in [1.165, 1.54) is 19.3 Å². The molecule has 3 aromatic heterocycles. The van der Waals surface area contributed by atoms with Crippen LogP contribution in [-0.4, -0.2) is 33.0 Å². The Morgan fingerprint density at radius 1 is 1.17 bits per heavy atom. The van der Waals surface area contributed by atoms with Crippen molar-refractivity contribution in [2.75, 3.05) is 23.7 Å². The quantitative estimate of drug-likeness (QED) is 0.699. The minimum Gasteiger partial charge on any atom is -0.368 e. The van der Waals surface area contributed by atoms with Gasteiger partial charge in [0.1, 0.15) is 5.52 Å². The molecule has 0 unspecified atom stereocenters. The van der Waals surface area contributed by atoms with Crippen LogP contribution in [0, 0.1) is 6.92 Å². The summed E-state index contributed by atoms with van der Waals surface area (Å²) in [5.74, 6) is 1.07. The molecule has 24 heavy (non-hydrogen) atoms. The zero-order valence-electron chi connectivity index (χ0n) is 13.3. The van der Waals surface area contributed by atoms with Crippen molar-refractivity contribution < 1.29 is 0 Å². The Kier molecular flexibility index (Phi) is 4.09. The van der Waals surface area contributed by atoms with Crippen LogP contribution in [0.25, 0.3) is 21.5 Å². The maximum absolute atomic E-state index is 5.70. The Morgan fingerprint density at radius 2 is 1.96 bits per heavy atom. The number of nitrogens with two attached hydrogens (primary N) is 1. The fourth-order valence-corrected chi connectivity index (χ4v) is 4.58. The third-order valence-electron chi connectivity index (χ3n) is 4.25. The normalized spacial score (nSPS) is 15.2. The molecule has 0 aliphatic carbocycles. The molecule has 0 spiro atoms. The number of nitrogens with zero attached hydrogens (tertiary/aromatic N) is 5. The second-order valence-corrected chi connectivity index (χ2v) is 7.64. The summed E-state index contributed by atoms with van der Waals surface area (Å²) in [5, 5.41) is 2.05. The van der Waals surface area contributed by atoms with Crippen molar-refractivity contribution >= 4 is 49.4 Å². The van der Waals surface area contributed by atoms with Crippen molar-refractivity contribution in [3.63, 3.8) is 0 Å². The van der Waals surface area contributed by atoms with Gasteiger partial charge in [-0.25, -0.2) is 19.9 Å². The number of halogens is 1. The minimum absolute atomic E-state index is 0.283. The largest absolute Gasteiger partial charge is 0.368 e.